The van der Waals surface area contributed by atoms with Crippen molar-refractivity contribution in [3.63, 3.8) is 0 Å². The summed E-state index contributed by atoms with van der Waals surface area (Å²) in [6.07, 6.45) is 4.35. The zero-order valence-electron chi connectivity index (χ0n) is 7.23. The van der Waals surface area contributed by atoms with Crippen molar-refractivity contribution in [2.75, 3.05) is 0 Å². The molecule has 0 aliphatic heterocycles. The number of aromatic nitrogens is 1. The van der Waals surface area contributed by atoms with Crippen LogP contribution in [-0.2, 0) is 6.42 Å². The summed E-state index contributed by atoms with van der Waals surface area (Å²) in [4.78, 5) is 15.3. The molecule has 0 saturated carbocycles. The lowest BCUT2D eigenvalue weighted by Gasteiger charge is -2.11. The molecule has 0 spiro atoms. The predicted molar refractivity (Wildman–Crippen MR) is 56.2 cm³/mol. The van der Waals surface area contributed by atoms with Gasteiger partial charge in [-0.3, -0.25) is 9.78 Å². The molecule has 2 radical (unpaired) electrons. The molecular formula is C9H10BNOS. The van der Waals surface area contributed by atoms with Crippen molar-refractivity contribution in [1.82, 2.24) is 4.98 Å². The van der Waals surface area contributed by atoms with E-state index in [0.29, 0.717) is 12.1 Å². The van der Waals surface area contributed by atoms with Crippen molar-refractivity contribution >= 4 is 25.4 Å². The summed E-state index contributed by atoms with van der Waals surface area (Å²) in [6.45, 7) is 0. The van der Waals surface area contributed by atoms with Crippen LogP contribution in [0.25, 0.3) is 0 Å². The van der Waals surface area contributed by atoms with Crippen LogP contribution in [0.15, 0.2) is 18.3 Å². The van der Waals surface area contributed by atoms with Gasteiger partial charge in [0.15, 0.2) is 12.9 Å². The first-order valence-corrected chi connectivity index (χ1v) is 4.62. The van der Waals surface area contributed by atoms with E-state index < -0.39 is 0 Å². The zero-order chi connectivity index (χ0) is 9.68. The minimum absolute atomic E-state index is 0.201. The fourth-order valence-electron chi connectivity index (χ4n) is 1.45. The molecule has 0 saturated heterocycles. The van der Waals surface area contributed by atoms with Crippen molar-refractivity contribution in [3.8, 4) is 0 Å². The molecule has 4 heteroatoms. The summed E-state index contributed by atoms with van der Waals surface area (Å²) < 4.78 is 0. The van der Waals surface area contributed by atoms with Gasteiger partial charge in [-0.1, -0.05) is 6.07 Å². The first-order chi connectivity index (χ1) is 6.38. The standard InChI is InChI=1S/C9H9NO.BHS/c11-8-5-1-3-7-4-2-6-10-9(7)8;1-2/h2,4,6H,1,3,5H2;2H. The van der Waals surface area contributed by atoms with Gasteiger partial charge < -0.3 is 0 Å². The largest absolute Gasteiger partial charge is 0.292 e. The SMILES string of the molecule is O=C1CCCc2cccnc21.[B]S. The van der Waals surface area contributed by atoms with Gasteiger partial charge in [-0.2, -0.15) is 0 Å². The smallest absolute Gasteiger partial charge is 0.181 e. The van der Waals surface area contributed by atoms with E-state index in [2.05, 4.69) is 24.6 Å². The van der Waals surface area contributed by atoms with Crippen molar-refractivity contribution in [1.29, 1.82) is 0 Å². The lowest BCUT2D eigenvalue weighted by atomic mass is 9.95. The second-order valence-electron chi connectivity index (χ2n) is 2.79. The van der Waals surface area contributed by atoms with Crippen LogP contribution in [0.4, 0.5) is 0 Å². The Labute approximate surface area is 84.5 Å². The normalized spacial score (nSPS) is 14.1. The van der Waals surface area contributed by atoms with E-state index in [1.165, 1.54) is 0 Å². The number of thiol groups is 1. The number of carbonyl (C=O) groups excluding carboxylic acids is 1. The average molecular weight is 191 g/mol. The van der Waals surface area contributed by atoms with Gasteiger partial charge in [0.1, 0.15) is 5.69 Å². The quantitative estimate of drug-likeness (QED) is 0.498. The molecule has 1 aromatic heterocycles. The van der Waals surface area contributed by atoms with E-state index in [4.69, 9.17) is 0 Å². The molecule has 13 heavy (non-hydrogen) atoms. The van der Waals surface area contributed by atoms with Gasteiger partial charge in [-0.05, 0) is 24.5 Å². The number of ketones is 1. The highest BCUT2D eigenvalue weighted by molar-refractivity contribution is 8.03. The fourth-order valence-corrected chi connectivity index (χ4v) is 1.45. The molecule has 1 aliphatic carbocycles. The number of pyridine rings is 1. The Morgan fingerprint density at radius 2 is 2.15 bits per heavy atom. The van der Waals surface area contributed by atoms with E-state index in [-0.39, 0.29) is 5.78 Å². The van der Waals surface area contributed by atoms with Gasteiger partial charge >= 0.3 is 0 Å². The maximum atomic E-state index is 11.2. The highest BCUT2D eigenvalue weighted by Crippen LogP contribution is 2.17. The second-order valence-corrected chi connectivity index (χ2v) is 2.79. The molecular weight excluding hydrogens is 181 g/mol. The van der Waals surface area contributed by atoms with Crippen LogP contribution in [0, 0.1) is 0 Å². The van der Waals surface area contributed by atoms with Crippen molar-refractivity contribution in [3.05, 3.63) is 29.6 Å². The number of rotatable bonds is 0. The van der Waals surface area contributed by atoms with Crippen molar-refractivity contribution in [2.45, 2.75) is 19.3 Å². The summed E-state index contributed by atoms with van der Waals surface area (Å²) in [5.41, 5.74) is 1.81. The van der Waals surface area contributed by atoms with Gasteiger partial charge in [0.05, 0.1) is 0 Å². The third-order valence-electron chi connectivity index (χ3n) is 2.01. The zero-order valence-corrected chi connectivity index (χ0v) is 8.13. The van der Waals surface area contributed by atoms with E-state index in [1.807, 2.05) is 12.1 Å². The number of Topliss-reactive ketones (excluding diaryl/α,β-unsaturated/α-hetero) is 1. The first kappa shape index (κ1) is 10.3. The number of hydrogen-bond acceptors (Lipinski definition) is 3. The number of fused-ring (bicyclic) bond motifs is 1. The predicted octanol–water partition coefficient (Wildman–Crippen LogP) is 1.60. The number of nitrogens with zero attached hydrogens (tertiary/aromatic N) is 1. The number of hydrogen-bond donors (Lipinski definition) is 1. The Morgan fingerprint density at radius 1 is 1.38 bits per heavy atom. The van der Waals surface area contributed by atoms with E-state index >= 15 is 0 Å². The highest BCUT2D eigenvalue weighted by Gasteiger charge is 2.16. The summed E-state index contributed by atoms with van der Waals surface area (Å²) >= 11 is 3.03. The molecule has 0 fully saturated rings. The van der Waals surface area contributed by atoms with E-state index in [0.717, 1.165) is 18.4 Å². The third kappa shape index (κ3) is 2.34. The molecule has 2 nitrogen and oxygen atoms in total. The minimum atomic E-state index is 0.201. The van der Waals surface area contributed by atoms with Crippen LogP contribution in [0.3, 0.4) is 0 Å². The van der Waals surface area contributed by atoms with Gasteiger partial charge in [0.25, 0.3) is 0 Å². The molecule has 0 atom stereocenters. The van der Waals surface area contributed by atoms with Gasteiger partial charge in [0.2, 0.25) is 0 Å². The monoisotopic (exact) mass is 191 g/mol. The third-order valence-corrected chi connectivity index (χ3v) is 2.01. The molecule has 66 valence electrons. The Balaban J connectivity index is 0.000000396. The maximum Gasteiger partial charge on any atom is 0.181 e. The van der Waals surface area contributed by atoms with Crippen LogP contribution in [0.1, 0.15) is 28.9 Å². The summed E-state index contributed by atoms with van der Waals surface area (Å²) in [5.74, 6) is 0.201. The van der Waals surface area contributed by atoms with E-state index in [9.17, 15) is 4.79 Å². The average Bonchev–Trinajstić information content (AvgIpc) is 2.22. The molecule has 1 heterocycles. The molecule has 1 aromatic rings. The van der Waals surface area contributed by atoms with Crippen LogP contribution in [-0.4, -0.2) is 17.9 Å². The van der Waals surface area contributed by atoms with Crippen LogP contribution in [0.2, 0.25) is 0 Å². The summed E-state index contributed by atoms with van der Waals surface area (Å²) in [7, 11) is 4.19. The Kier molecular flexibility index (Phi) is 4.02. The summed E-state index contributed by atoms with van der Waals surface area (Å²) in [6, 6.07) is 3.87. The second kappa shape index (κ2) is 5.07. The lowest BCUT2D eigenvalue weighted by Crippen LogP contribution is -2.12. The maximum absolute atomic E-state index is 11.2. The molecule has 1 aliphatic rings. The van der Waals surface area contributed by atoms with Crippen LogP contribution >= 0.6 is 12.5 Å². The molecule has 0 amide bonds. The van der Waals surface area contributed by atoms with Gasteiger partial charge in [-0.15, -0.1) is 0 Å². The first-order valence-electron chi connectivity index (χ1n) is 4.11. The minimum Gasteiger partial charge on any atom is -0.292 e. The Hall–Kier alpha value is -0.765. The van der Waals surface area contributed by atoms with Gasteiger partial charge in [-0.25, -0.2) is 12.5 Å². The van der Waals surface area contributed by atoms with Crippen molar-refractivity contribution in [2.24, 2.45) is 0 Å². The topological polar surface area (TPSA) is 30.0 Å². The molecule has 0 aromatic carbocycles. The summed E-state index contributed by atoms with van der Waals surface area (Å²) in [5, 5.41) is 0. The van der Waals surface area contributed by atoms with Gasteiger partial charge in [0, 0.05) is 12.6 Å². The number of aryl methyl sites for hydroxylation is 1. The Morgan fingerprint density at radius 3 is 2.85 bits per heavy atom. The molecule has 2 rings (SSSR count). The lowest BCUT2D eigenvalue weighted by molar-refractivity contribution is 0.0967. The molecule has 0 bridgehead atoms. The van der Waals surface area contributed by atoms with Crippen LogP contribution < -0.4 is 0 Å². The van der Waals surface area contributed by atoms with Crippen LogP contribution in [0.5, 0.6) is 0 Å². The number of carbonyl (C=O) groups is 1. The molecule has 0 N–H and O–H groups in total. The van der Waals surface area contributed by atoms with E-state index in [1.54, 1.807) is 6.20 Å². The fraction of sp³-hybridized carbons (Fsp3) is 0.333. The highest BCUT2D eigenvalue weighted by atomic mass is 32.1. The van der Waals surface area contributed by atoms with Crippen molar-refractivity contribution < 1.29 is 4.79 Å². The molecule has 0 unspecified atom stereocenters. The Bertz CT molecular complexity index is 303.